The zero-order valence-corrected chi connectivity index (χ0v) is 9.45. The highest BCUT2D eigenvalue weighted by Gasteiger charge is 2.32. The van der Waals surface area contributed by atoms with Crippen molar-refractivity contribution in [3.63, 3.8) is 0 Å². The van der Waals surface area contributed by atoms with Crippen LogP contribution in [-0.2, 0) is 6.54 Å². The predicted molar refractivity (Wildman–Crippen MR) is 51.5 cm³/mol. The van der Waals surface area contributed by atoms with Gasteiger partial charge in [0.05, 0.1) is 5.69 Å². The number of rotatable bonds is 2. The molecule has 1 aromatic heterocycles. The highest BCUT2D eigenvalue weighted by molar-refractivity contribution is 9.10. The molecule has 2 N–H and O–H groups in total. The highest BCUT2D eigenvalue weighted by atomic mass is 79.9. The maximum Gasteiger partial charge on any atom is 0.573 e. The predicted octanol–water partition coefficient (Wildman–Crippen LogP) is 2.85. The van der Waals surface area contributed by atoms with Crippen LogP contribution in [-0.4, -0.2) is 11.3 Å². The summed E-state index contributed by atoms with van der Waals surface area (Å²) in [6, 6.07) is 1.04. The van der Waals surface area contributed by atoms with Crippen molar-refractivity contribution in [2.75, 3.05) is 0 Å². The second kappa shape index (κ2) is 4.54. The monoisotopic (exact) mass is 304 g/mol. The van der Waals surface area contributed by atoms with Gasteiger partial charge in [-0.05, 0) is 15.9 Å². The number of hydrogen-bond acceptors (Lipinski definition) is 3. The van der Waals surface area contributed by atoms with Crippen molar-refractivity contribution in [2.24, 2.45) is 5.73 Å². The maximum absolute atomic E-state index is 11.9. The molecule has 3 nitrogen and oxygen atoms in total. The third kappa shape index (κ3) is 3.51. The molecule has 0 aliphatic carbocycles. The molecule has 1 heterocycles. The van der Waals surface area contributed by atoms with E-state index in [2.05, 4.69) is 25.7 Å². The van der Waals surface area contributed by atoms with Gasteiger partial charge in [-0.15, -0.1) is 13.2 Å². The smallest absolute Gasteiger partial charge is 0.404 e. The van der Waals surface area contributed by atoms with E-state index in [1.807, 2.05) is 0 Å². The van der Waals surface area contributed by atoms with E-state index in [0.717, 1.165) is 6.07 Å². The molecule has 0 radical (unpaired) electrons. The molecule has 1 aromatic rings. The molecular weight excluding hydrogens is 300 g/mol. The van der Waals surface area contributed by atoms with E-state index in [0.29, 0.717) is 0 Å². The largest absolute Gasteiger partial charge is 0.573 e. The Kier molecular flexibility index (Phi) is 3.80. The highest BCUT2D eigenvalue weighted by Crippen LogP contribution is 2.34. The normalized spacial score (nSPS) is 11.6. The number of hydrogen-bond donors (Lipinski definition) is 1. The summed E-state index contributed by atoms with van der Waals surface area (Å²) in [6.45, 7) is -0.00993. The lowest BCUT2D eigenvalue weighted by atomic mass is 10.3. The Morgan fingerprint density at radius 3 is 2.60 bits per heavy atom. The second-order valence-corrected chi connectivity index (χ2v) is 3.60. The zero-order valence-electron chi connectivity index (χ0n) is 7.11. The lowest BCUT2D eigenvalue weighted by Gasteiger charge is -2.11. The van der Waals surface area contributed by atoms with E-state index in [9.17, 15) is 13.2 Å². The van der Waals surface area contributed by atoms with E-state index in [1.165, 1.54) is 0 Å². The Balaban J connectivity index is 3.11. The molecule has 84 valence electrons. The van der Waals surface area contributed by atoms with Crippen molar-refractivity contribution in [1.29, 1.82) is 0 Å². The van der Waals surface area contributed by atoms with Gasteiger partial charge < -0.3 is 10.5 Å². The van der Waals surface area contributed by atoms with Gasteiger partial charge in [0.15, 0.2) is 5.75 Å². The van der Waals surface area contributed by atoms with Crippen molar-refractivity contribution in [2.45, 2.75) is 12.9 Å². The topological polar surface area (TPSA) is 48.1 Å². The summed E-state index contributed by atoms with van der Waals surface area (Å²) in [4.78, 5) is 3.79. The number of halogens is 5. The van der Waals surface area contributed by atoms with Crippen molar-refractivity contribution in [3.8, 4) is 5.75 Å². The number of alkyl halides is 3. The summed E-state index contributed by atoms with van der Waals surface area (Å²) in [6.07, 6.45) is -4.80. The van der Waals surface area contributed by atoms with Gasteiger partial charge in [-0.1, -0.05) is 11.6 Å². The average Bonchev–Trinajstić information content (AvgIpc) is 2.10. The number of nitrogens with two attached hydrogens (primary N) is 1. The quantitative estimate of drug-likeness (QED) is 0.855. The van der Waals surface area contributed by atoms with E-state index in [4.69, 9.17) is 17.3 Å². The average molecular weight is 305 g/mol. The molecule has 0 amide bonds. The lowest BCUT2D eigenvalue weighted by Crippen LogP contribution is -2.18. The molecule has 0 spiro atoms. The summed E-state index contributed by atoms with van der Waals surface area (Å²) < 4.78 is 39.6. The second-order valence-electron chi connectivity index (χ2n) is 2.47. The number of ether oxygens (including phenoxy) is 1. The summed E-state index contributed by atoms with van der Waals surface area (Å²) in [5.41, 5.74) is 5.48. The standard InChI is InChI=1S/C7H5BrClF3N2O/c8-6-5(9)4(15-7(10,11)12)1-3(2-13)14-6/h1H,2,13H2. The van der Waals surface area contributed by atoms with Crippen molar-refractivity contribution in [1.82, 2.24) is 4.98 Å². The van der Waals surface area contributed by atoms with Gasteiger partial charge in [-0.3, -0.25) is 0 Å². The van der Waals surface area contributed by atoms with E-state index in [1.54, 1.807) is 0 Å². The molecule has 0 aliphatic heterocycles. The summed E-state index contributed by atoms with van der Waals surface area (Å²) in [5.74, 6) is -0.522. The Morgan fingerprint density at radius 1 is 1.53 bits per heavy atom. The van der Waals surface area contributed by atoms with Crippen LogP contribution in [0.2, 0.25) is 5.02 Å². The van der Waals surface area contributed by atoms with E-state index < -0.39 is 12.1 Å². The molecule has 0 unspecified atom stereocenters. The summed E-state index contributed by atoms with van der Waals surface area (Å²) in [7, 11) is 0. The van der Waals surface area contributed by atoms with Crippen LogP contribution in [0.1, 0.15) is 5.69 Å². The van der Waals surface area contributed by atoms with Gasteiger partial charge in [0, 0.05) is 12.6 Å². The molecule has 0 saturated heterocycles. The minimum Gasteiger partial charge on any atom is -0.404 e. The van der Waals surface area contributed by atoms with Crippen LogP contribution >= 0.6 is 27.5 Å². The Bertz CT molecular complexity index is 372. The first-order valence-corrected chi connectivity index (χ1v) is 4.81. The molecular formula is C7H5BrClF3N2O. The number of nitrogens with zero attached hydrogens (tertiary/aromatic N) is 1. The summed E-state index contributed by atoms with van der Waals surface area (Å²) >= 11 is 8.45. The Labute approximate surface area is 96.5 Å². The first kappa shape index (κ1) is 12.5. The van der Waals surface area contributed by atoms with E-state index >= 15 is 0 Å². The molecule has 1 rings (SSSR count). The van der Waals surface area contributed by atoms with Gasteiger partial charge in [-0.25, -0.2) is 4.98 Å². The third-order valence-electron chi connectivity index (χ3n) is 1.37. The first-order valence-electron chi connectivity index (χ1n) is 3.64. The molecule has 0 aliphatic rings. The van der Waals surface area contributed by atoms with Crippen molar-refractivity contribution >= 4 is 27.5 Å². The molecule has 15 heavy (non-hydrogen) atoms. The molecule has 0 fully saturated rings. The third-order valence-corrected chi connectivity index (χ3v) is 2.54. The van der Waals surface area contributed by atoms with Crippen LogP contribution in [0.15, 0.2) is 10.7 Å². The van der Waals surface area contributed by atoms with Crippen LogP contribution in [0.3, 0.4) is 0 Å². The molecule has 8 heteroatoms. The Hall–Kier alpha value is -0.530. The van der Waals surface area contributed by atoms with Crippen molar-refractivity contribution < 1.29 is 17.9 Å². The van der Waals surface area contributed by atoms with Gasteiger partial charge in [-0.2, -0.15) is 0 Å². The van der Waals surface area contributed by atoms with Crippen LogP contribution < -0.4 is 10.5 Å². The van der Waals surface area contributed by atoms with Gasteiger partial charge in [0.1, 0.15) is 9.63 Å². The van der Waals surface area contributed by atoms with Crippen LogP contribution in [0.4, 0.5) is 13.2 Å². The molecule has 0 bridgehead atoms. The van der Waals surface area contributed by atoms with Crippen LogP contribution in [0, 0.1) is 0 Å². The maximum atomic E-state index is 11.9. The van der Waals surface area contributed by atoms with Gasteiger partial charge >= 0.3 is 6.36 Å². The molecule has 0 aromatic carbocycles. The van der Waals surface area contributed by atoms with Gasteiger partial charge in [0.2, 0.25) is 0 Å². The Morgan fingerprint density at radius 2 is 2.13 bits per heavy atom. The fourth-order valence-corrected chi connectivity index (χ4v) is 1.39. The van der Waals surface area contributed by atoms with Crippen LogP contribution in [0.25, 0.3) is 0 Å². The number of aromatic nitrogens is 1. The van der Waals surface area contributed by atoms with Crippen LogP contribution in [0.5, 0.6) is 5.75 Å². The SMILES string of the molecule is NCc1cc(OC(F)(F)F)c(Cl)c(Br)n1. The summed E-state index contributed by atoms with van der Waals surface area (Å²) in [5, 5.41) is -0.246. The van der Waals surface area contributed by atoms with Gasteiger partial charge in [0.25, 0.3) is 0 Å². The molecule has 0 saturated carbocycles. The fraction of sp³-hybridized carbons (Fsp3) is 0.286. The lowest BCUT2D eigenvalue weighted by molar-refractivity contribution is -0.274. The van der Waals surface area contributed by atoms with E-state index in [-0.39, 0.29) is 21.9 Å². The van der Waals surface area contributed by atoms with Crippen molar-refractivity contribution in [3.05, 3.63) is 21.4 Å². The zero-order chi connectivity index (χ0) is 11.6. The first-order chi connectivity index (χ1) is 6.83. The fourth-order valence-electron chi connectivity index (χ4n) is 0.827. The minimum absolute atomic E-state index is 0.00993. The minimum atomic E-state index is -4.80. The number of pyridine rings is 1. The molecule has 0 atom stereocenters.